The number of ether oxygens (including phenoxy) is 2. The fraction of sp³-hybridized carbons (Fsp3) is 0.750. The predicted octanol–water partition coefficient (Wildman–Crippen LogP) is 0.396. The number of cyclic esters (lactones) is 1. The Hall–Kier alpha value is -1.59. The van der Waals surface area contributed by atoms with E-state index in [0.29, 0.717) is 6.42 Å². The molecule has 6 heteroatoms. The number of carbonyl (C=O) groups excluding carboxylic acids is 3. The Labute approximate surface area is 106 Å². The van der Waals surface area contributed by atoms with Crippen LogP contribution in [0.4, 0.5) is 0 Å². The van der Waals surface area contributed by atoms with E-state index in [1.807, 2.05) is 13.8 Å². The zero-order valence-corrected chi connectivity index (χ0v) is 10.9. The number of amides is 1. The second kappa shape index (κ2) is 6.37. The van der Waals surface area contributed by atoms with Crippen LogP contribution in [0.5, 0.6) is 0 Å². The molecular weight excluding hydrogens is 238 g/mol. The average molecular weight is 257 g/mol. The molecule has 0 unspecified atom stereocenters. The van der Waals surface area contributed by atoms with Gasteiger partial charge in [0.05, 0.1) is 6.61 Å². The van der Waals surface area contributed by atoms with Gasteiger partial charge in [-0.25, -0.2) is 4.79 Å². The minimum atomic E-state index is -0.784. The van der Waals surface area contributed by atoms with Crippen molar-refractivity contribution in [1.82, 2.24) is 5.32 Å². The SMILES string of the molecule is CCOC(=O)[C@@H](NC(=O)[C@H]1CCC(=O)O1)C(C)C. The number of esters is 2. The zero-order valence-electron chi connectivity index (χ0n) is 10.9. The van der Waals surface area contributed by atoms with Gasteiger partial charge in [-0.15, -0.1) is 0 Å². The first-order valence-electron chi connectivity index (χ1n) is 6.12. The van der Waals surface area contributed by atoms with Crippen molar-refractivity contribution in [3.8, 4) is 0 Å². The van der Waals surface area contributed by atoms with Crippen molar-refractivity contribution < 1.29 is 23.9 Å². The van der Waals surface area contributed by atoms with Crippen LogP contribution in [0.25, 0.3) is 0 Å². The van der Waals surface area contributed by atoms with Gasteiger partial charge in [0.2, 0.25) is 0 Å². The summed E-state index contributed by atoms with van der Waals surface area (Å²) in [4.78, 5) is 34.4. The van der Waals surface area contributed by atoms with E-state index in [-0.39, 0.29) is 24.9 Å². The number of carbonyl (C=O) groups is 3. The van der Waals surface area contributed by atoms with Gasteiger partial charge >= 0.3 is 11.9 Å². The van der Waals surface area contributed by atoms with E-state index in [9.17, 15) is 14.4 Å². The average Bonchev–Trinajstić information content (AvgIpc) is 2.72. The lowest BCUT2D eigenvalue weighted by Gasteiger charge is -2.21. The molecule has 1 amide bonds. The van der Waals surface area contributed by atoms with E-state index in [1.54, 1.807) is 6.92 Å². The summed E-state index contributed by atoms with van der Waals surface area (Å²) in [5.41, 5.74) is 0. The molecular formula is C12H19NO5. The molecule has 0 saturated carbocycles. The lowest BCUT2D eigenvalue weighted by molar-refractivity contribution is -0.152. The van der Waals surface area contributed by atoms with Crippen LogP contribution in [0.15, 0.2) is 0 Å². The third-order valence-corrected chi connectivity index (χ3v) is 2.68. The third-order valence-electron chi connectivity index (χ3n) is 2.68. The van der Waals surface area contributed by atoms with Crippen molar-refractivity contribution in [2.24, 2.45) is 5.92 Å². The standard InChI is InChI=1S/C12H19NO5/c1-4-17-12(16)10(7(2)3)13-11(15)8-5-6-9(14)18-8/h7-8,10H,4-6H2,1-3H3,(H,13,15)/t8-,10+/m1/s1. The largest absolute Gasteiger partial charge is 0.464 e. The number of hydrogen-bond acceptors (Lipinski definition) is 5. The van der Waals surface area contributed by atoms with Crippen molar-refractivity contribution in [3.05, 3.63) is 0 Å². The second-order valence-corrected chi connectivity index (χ2v) is 4.50. The van der Waals surface area contributed by atoms with Gasteiger partial charge < -0.3 is 14.8 Å². The summed E-state index contributed by atoms with van der Waals surface area (Å²) in [6.07, 6.45) is -0.185. The Morgan fingerprint density at radius 3 is 2.61 bits per heavy atom. The smallest absolute Gasteiger partial charge is 0.328 e. The lowest BCUT2D eigenvalue weighted by atomic mass is 10.0. The highest BCUT2D eigenvalue weighted by molar-refractivity contribution is 5.90. The molecule has 1 rings (SSSR count). The molecule has 1 aliphatic heterocycles. The molecule has 1 aliphatic rings. The van der Waals surface area contributed by atoms with Gasteiger partial charge in [-0.05, 0) is 12.8 Å². The normalized spacial score (nSPS) is 20.4. The molecule has 1 fully saturated rings. The van der Waals surface area contributed by atoms with Gasteiger partial charge in [-0.3, -0.25) is 9.59 Å². The van der Waals surface area contributed by atoms with Crippen LogP contribution in [-0.2, 0) is 23.9 Å². The summed E-state index contributed by atoms with van der Waals surface area (Å²) >= 11 is 0. The van der Waals surface area contributed by atoms with Crippen LogP contribution in [0, 0.1) is 5.92 Å². The second-order valence-electron chi connectivity index (χ2n) is 4.50. The molecule has 0 bridgehead atoms. The Kier molecular flexibility index (Phi) is 5.12. The topological polar surface area (TPSA) is 81.7 Å². The quantitative estimate of drug-likeness (QED) is 0.721. The molecule has 0 aromatic heterocycles. The first kappa shape index (κ1) is 14.5. The summed E-state index contributed by atoms with van der Waals surface area (Å²) in [6, 6.07) is -0.711. The molecule has 102 valence electrons. The monoisotopic (exact) mass is 257 g/mol. The molecule has 0 aromatic rings. The highest BCUT2D eigenvalue weighted by Gasteiger charge is 2.33. The van der Waals surface area contributed by atoms with Crippen LogP contribution >= 0.6 is 0 Å². The van der Waals surface area contributed by atoms with Gasteiger partial charge in [0, 0.05) is 12.8 Å². The molecule has 0 radical (unpaired) electrons. The third kappa shape index (κ3) is 3.72. The van der Waals surface area contributed by atoms with Crippen LogP contribution in [0.1, 0.15) is 33.6 Å². The summed E-state index contributed by atoms with van der Waals surface area (Å²) in [5.74, 6) is -1.38. The fourth-order valence-electron chi connectivity index (χ4n) is 1.69. The highest BCUT2D eigenvalue weighted by atomic mass is 16.6. The fourth-order valence-corrected chi connectivity index (χ4v) is 1.69. The molecule has 1 saturated heterocycles. The van der Waals surface area contributed by atoms with Crippen LogP contribution in [-0.4, -0.2) is 36.6 Å². The maximum Gasteiger partial charge on any atom is 0.328 e. The van der Waals surface area contributed by atoms with E-state index in [2.05, 4.69) is 5.32 Å². The van der Waals surface area contributed by atoms with E-state index in [4.69, 9.17) is 9.47 Å². The molecule has 18 heavy (non-hydrogen) atoms. The van der Waals surface area contributed by atoms with Crippen molar-refractivity contribution in [3.63, 3.8) is 0 Å². The maximum atomic E-state index is 11.8. The minimum Gasteiger partial charge on any atom is -0.464 e. The molecule has 1 heterocycles. The molecule has 2 atom stereocenters. The first-order chi connectivity index (χ1) is 8.45. The van der Waals surface area contributed by atoms with Crippen LogP contribution < -0.4 is 5.32 Å². The zero-order chi connectivity index (χ0) is 13.7. The Morgan fingerprint density at radius 1 is 1.50 bits per heavy atom. The summed E-state index contributed by atoms with van der Waals surface area (Å²) in [5, 5.41) is 2.57. The molecule has 0 aliphatic carbocycles. The van der Waals surface area contributed by atoms with Gasteiger partial charge in [-0.2, -0.15) is 0 Å². The molecule has 1 N–H and O–H groups in total. The molecule has 0 aromatic carbocycles. The van der Waals surface area contributed by atoms with Crippen molar-refractivity contribution in [1.29, 1.82) is 0 Å². The van der Waals surface area contributed by atoms with E-state index >= 15 is 0 Å². The number of rotatable bonds is 5. The molecule has 6 nitrogen and oxygen atoms in total. The number of hydrogen-bond donors (Lipinski definition) is 1. The van der Waals surface area contributed by atoms with E-state index in [1.165, 1.54) is 0 Å². The van der Waals surface area contributed by atoms with Gasteiger partial charge in [-0.1, -0.05) is 13.8 Å². The first-order valence-corrected chi connectivity index (χ1v) is 6.12. The van der Waals surface area contributed by atoms with Crippen LogP contribution in [0.2, 0.25) is 0 Å². The van der Waals surface area contributed by atoms with E-state index in [0.717, 1.165) is 0 Å². The number of nitrogens with one attached hydrogen (secondary N) is 1. The van der Waals surface area contributed by atoms with Crippen molar-refractivity contribution >= 4 is 17.8 Å². The van der Waals surface area contributed by atoms with Gasteiger partial charge in [0.25, 0.3) is 5.91 Å². The van der Waals surface area contributed by atoms with Gasteiger partial charge in [0.1, 0.15) is 6.04 Å². The van der Waals surface area contributed by atoms with Crippen molar-refractivity contribution in [2.45, 2.75) is 45.8 Å². The summed E-state index contributed by atoms with van der Waals surface area (Å²) in [7, 11) is 0. The van der Waals surface area contributed by atoms with E-state index < -0.39 is 24.0 Å². The lowest BCUT2D eigenvalue weighted by Crippen LogP contribution is -2.48. The maximum absolute atomic E-state index is 11.8. The Balaban J connectivity index is 2.58. The summed E-state index contributed by atoms with van der Waals surface area (Å²) < 4.78 is 9.73. The summed E-state index contributed by atoms with van der Waals surface area (Å²) in [6.45, 7) is 5.58. The Morgan fingerprint density at radius 2 is 2.17 bits per heavy atom. The van der Waals surface area contributed by atoms with Gasteiger partial charge in [0.15, 0.2) is 6.10 Å². The Bertz CT molecular complexity index is 339. The predicted molar refractivity (Wildman–Crippen MR) is 62.5 cm³/mol. The van der Waals surface area contributed by atoms with Crippen molar-refractivity contribution in [2.75, 3.05) is 6.61 Å². The van der Waals surface area contributed by atoms with Crippen LogP contribution in [0.3, 0.4) is 0 Å². The highest BCUT2D eigenvalue weighted by Crippen LogP contribution is 2.14. The minimum absolute atomic E-state index is 0.0925. The molecule has 0 spiro atoms.